The van der Waals surface area contributed by atoms with Crippen LogP contribution in [-0.4, -0.2) is 22.3 Å². The summed E-state index contributed by atoms with van der Waals surface area (Å²) in [6.07, 6.45) is 3.72. The van der Waals surface area contributed by atoms with Crippen LogP contribution in [0.2, 0.25) is 0 Å². The highest BCUT2D eigenvalue weighted by Gasteiger charge is 2.01. The second-order valence-electron chi connectivity index (χ2n) is 5.25. The van der Waals surface area contributed by atoms with Crippen molar-refractivity contribution in [3.05, 3.63) is 70.7 Å². The fourth-order valence-electron chi connectivity index (χ4n) is 2.31. The Morgan fingerprint density at radius 3 is 2.92 bits per heavy atom. The van der Waals surface area contributed by atoms with Crippen molar-refractivity contribution in [2.24, 2.45) is 4.99 Å². The summed E-state index contributed by atoms with van der Waals surface area (Å²) in [5.74, 6) is 0.829. The third-order valence-corrected chi connectivity index (χ3v) is 4.33. The predicted octanol–water partition coefficient (Wildman–Crippen LogP) is 3.19. The van der Waals surface area contributed by atoms with E-state index in [0.29, 0.717) is 6.54 Å². The molecule has 0 saturated heterocycles. The van der Waals surface area contributed by atoms with Crippen molar-refractivity contribution in [1.29, 1.82) is 0 Å². The highest BCUT2D eigenvalue weighted by Crippen LogP contribution is 2.11. The molecule has 0 unspecified atom stereocenters. The predicted molar refractivity (Wildman–Crippen MR) is 99.5 cm³/mol. The lowest BCUT2D eigenvalue weighted by atomic mass is 10.2. The summed E-state index contributed by atoms with van der Waals surface area (Å²) in [5, 5.41) is 13.0. The van der Waals surface area contributed by atoms with Gasteiger partial charge >= 0.3 is 0 Å². The molecule has 3 aromatic rings. The second-order valence-corrected chi connectivity index (χ2v) is 6.28. The molecule has 5 nitrogen and oxygen atoms in total. The first-order valence-corrected chi connectivity index (χ1v) is 8.86. The van der Waals surface area contributed by atoms with Crippen LogP contribution in [0, 0.1) is 0 Å². The number of benzene rings is 1. The number of hydrogen-bond acceptors (Lipinski definition) is 3. The Labute approximate surface area is 146 Å². The Morgan fingerprint density at radius 1 is 1.21 bits per heavy atom. The average molecular weight is 339 g/mol. The van der Waals surface area contributed by atoms with E-state index in [1.807, 2.05) is 29.1 Å². The lowest BCUT2D eigenvalue weighted by Crippen LogP contribution is -2.36. The maximum atomic E-state index is 4.67. The van der Waals surface area contributed by atoms with Crippen LogP contribution in [0.1, 0.15) is 17.4 Å². The summed E-state index contributed by atoms with van der Waals surface area (Å²) in [6.45, 7) is 4.32. The van der Waals surface area contributed by atoms with Gasteiger partial charge in [0.15, 0.2) is 5.96 Å². The van der Waals surface area contributed by atoms with Gasteiger partial charge < -0.3 is 10.6 Å². The molecule has 0 aliphatic heterocycles. The second kappa shape index (κ2) is 8.31. The van der Waals surface area contributed by atoms with E-state index in [2.05, 4.69) is 57.3 Å². The van der Waals surface area contributed by atoms with Gasteiger partial charge in [0.2, 0.25) is 0 Å². The highest BCUT2D eigenvalue weighted by molar-refractivity contribution is 7.09. The summed E-state index contributed by atoms with van der Waals surface area (Å²) in [5.41, 5.74) is 2.19. The number of thiophene rings is 1. The molecule has 124 valence electrons. The van der Waals surface area contributed by atoms with Gasteiger partial charge in [-0.3, -0.25) is 0 Å². The molecule has 0 bridgehead atoms. The van der Waals surface area contributed by atoms with Crippen molar-refractivity contribution in [2.75, 3.05) is 6.54 Å². The molecule has 0 amide bonds. The van der Waals surface area contributed by atoms with E-state index in [9.17, 15) is 0 Å². The van der Waals surface area contributed by atoms with Crippen LogP contribution < -0.4 is 10.6 Å². The monoisotopic (exact) mass is 339 g/mol. The van der Waals surface area contributed by atoms with Gasteiger partial charge in [-0.1, -0.05) is 18.2 Å². The summed E-state index contributed by atoms with van der Waals surface area (Å²) in [6, 6.07) is 14.4. The zero-order valence-corrected chi connectivity index (χ0v) is 14.5. The molecular weight excluding hydrogens is 318 g/mol. The molecule has 0 spiro atoms. The van der Waals surface area contributed by atoms with Crippen molar-refractivity contribution in [1.82, 2.24) is 20.4 Å². The van der Waals surface area contributed by atoms with Gasteiger partial charge in [0, 0.05) is 23.8 Å². The van der Waals surface area contributed by atoms with E-state index in [1.54, 1.807) is 17.5 Å². The van der Waals surface area contributed by atoms with Crippen LogP contribution in [0.25, 0.3) is 5.69 Å². The van der Waals surface area contributed by atoms with Gasteiger partial charge in [0.25, 0.3) is 0 Å². The number of aliphatic imine (C=N–C) groups is 1. The Morgan fingerprint density at radius 2 is 2.17 bits per heavy atom. The molecule has 3 rings (SSSR count). The van der Waals surface area contributed by atoms with Gasteiger partial charge in [-0.2, -0.15) is 5.10 Å². The van der Waals surface area contributed by atoms with Crippen LogP contribution in [0.4, 0.5) is 0 Å². The molecule has 0 atom stereocenters. The van der Waals surface area contributed by atoms with E-state index in [4.69, 9.17) is 0 Å². The smallest absolute Gasteiger partial charge is 0.191 e. The average Bonchev–Trinajstić information content (AvgIpc) is 3.31. The van der Waals surface area contributed by atoms with Crippen LogP contribution in [0.3, 0.4) is 0 Å². The van der Waals surface area contributed by atoms with Crippen molar-refractivity contribution in [3.63, 3.8) is 0 Å². The molecule has 24 heavy (non-hydrogen) atoms. The zero-order chi connectivity index (χ0) is 16.6. The third kappa shape index (κ3) is 4.45. The number of nitrogens with one attached hydrogen (secondary N) is 2. The molecule has 1 aromatic carbocycles. The third-order valence-electron chi connectivity index (χ3n) is 3.45. The number of hydrogen-bond donors (Lipinski definition) is 2. The molecule has 0 aliphatic carbocycles. The fourth-order valence-corrected chi connectivity index (χ4v) is 2.96. The number of rotatable bonds is 6. The minimum Gasteiger partial charge on any atom is -0.357 e. The Balaban J connectivity index is 1.66. The zero-order valence-electron chi connectivity index (χ0n) is 13.6. The number of nitrogens with zero attached hydrogens (tertiary/aromatic N) is 3. The van der Waals surface area contributed by atoms with E-state index in [-0.39, 0.29) is 0 Å². The van der Waals surface area contributed by atoms with Crippen LogP contribution in [0.5, 0.6) is 0 Å². The normalized spacial score (nSPS) is 11.5. The Bertz CT molecular complexity index is 763. The number of aromatic nitrogens is 2. The molecule has 0 saturated carbocycles. The molecule has 0 radical (unpaired) electrons. The van der Waals surface area contributed by atoms with Crippen LogP contribution >= 0.6 is 11.3 Å². The quantitative estimate of drug-likeness (QED) is 0.536. The fraction of sp³-hybridized carbons (Fsp3) is 0.222. The highest BCUT2D eigenvalue weighted by atomic mass is 32.1. The molecule has 6 heteroatoms. The summed E-state index contributed by atoms with van der Waals surface area (Å²) >= 11 is 1.74. The van der Waals surface area contributed by atoms with Crippen molar-refractivity contribution >= 4 is 17.3 Å². The molecule has 2 aromatic heterocycles. The topological polar surface area (TPSA) is 54.2 Å². The largest absolute Gasteiger partial charge is 0.357 e. The standard InChI is InChI=1S/C18H21N5S/c1-2-19-18(21-14-17-8-4-11-24-17)20-13-15-6-3-7-16(12-15)23-10-5-9-22-23/h3-12H,2,13-14H2,1H3,(H2,19,20,21). The SMILES string of the molecule is CCNC(=NCc1cccc(-n2cccn2)c1)NCc1cccs1. The van der Waals surface area contributed by atoms with Gasteiger partial charge in [-0.25, -0.2) is 9.67 Å². The summed E-state index contributed by atoms with van der Waals surface area (Å²) < 4.78 is 1.85. The maximum Gasteiger partial charge on any atom is 0.191 e. The molecule has 0 aliphatic rings. The van der Waals surface area contributed by atoms with E-state index < -0.39 is 0 Å². The molecule has 2 heterocycles. The van der Waals surface area contributed by atoms with Crippen molar-refractivity contribution < 1.29 is 0 Å². The van der Waals surface area contributed by atoms with Gasteiger partial charge in [0.05, 0.1) is 18.8 Å². The summed E-state index contributed by atoms with van der Waals surface area (Å²) in [4.78, 5) is 5.97. The lowest BCUT2D eigenvalue weighted by molar-refractivity contribution is 0.822. The van der Waals surface area contributed by atoms with Gasteiger partial charge in [-0.05, 0) is 42.1 Å². The van der Waals surface area contributed by atoms with E-state index in [1.165, 1.54) is 4.88 Å². The van der Waals surface area contributed by atoms with Gasteiger partial charge in [-0.15, -0.1) is 11.3 Å². The van der Waals surface area contributed by atoms with Gasteiger partial charge in [0.1, 0.15) is 0 Å². The molecular formula is C18H21N5S. The minimum atomic E-state index is 0.620. The Hall–Kier alpha value is -2.60. The first kappa shape index (κ1) is 16.3. The maximum absolute atomic E-state index is 4.67. The molecule has 0 fully saturated rings. The number of guanidine groups is 1. The summed E-state index contributed by atoms with van der Waals surface area (Å²) in [7, 11) is 0. The molecule has 2 N–H and O–H groups in total. The van der Waals surface area contributed by atoms with E-state index in [0.717, 1.165) is 30.3 Å². The van der Waals surface area contributed by atoms with E-state index >= 15 is 0 Å². The Kier molecular flexibility index (Phi) is 5.63. The van der Waals surface area contributed by atoms with Crippen LogP contribution in [0.15, 0.2) is 65.2 Å². The minimum absolute atomic E-state index is 0.620. The lowest BCUT2D eigenvalue weighted by Gasteiger charge is -2.11. The van der Waals surface area contributed by atoms with Crippen molar-refractivity contribution in [2.45, 2.75) is 20.0 Å². The first-order valence-electron chi connectivity index (χ1n) is 7.98. The van der Waals surface area contributed by atoms with Crippen molar-refractivity contribution in [3.8, 4) is 5.69 Å². The first-order chi connectivity index (χ1) is 11.8. The van der Waals surface area contributed by atoms with Crippen LogP contribution in [-0.2, 0) is 13.1 Å².